The summed E-state index contributed by atoms with van der Waals surface area (Å²) < 4.78 is 16.9. The fourth-order valence-corrected chi connectivity index (χ4v) is 8.21. The third-order valence-electron chi connectivity index (χ3n) is 9.12. The van der Waals surface area contributed by atoms with Crippen LogP contribution in [0.3, 0.4) is 0 Å². The molecular weight excluding hydrogens is 821 g/mol. The van der Waals surface area contributed by atoms with E-state index in [4.69, 9.17) is 10.8 Å². The predicted molar refractivity (Wildman–Crippen MR) is 210 cm³/mol. The Morgan fingerprint density at radius 1 is 0.804 bits per heavy atom. The maximum Gasteiger partial charge on any atom is 0.216 e. The van der Waals surface area contributed by atoms with Crippen LogP contribution in [0.25, 0.3) is 61.4 Å². The molecule has 4 aromatic heterocycles. The summed E-state index contributed by atoms with van der Waals surface area (Å²) in [5.74, 6) is 0.210. The number of pyridine rings is 2. The Morgan fingerprint density at radius 2 is 1.55 bits per heavy atom. The number of aromatic nitrogens is 4. The first-order valence-corrected chi connectivity index (χ1v) is 20.5. The van der Waals surface area contributed by atoms with Gasteiger partial charge in [-0.15, -0.1) is 54.1 Å². The molecule has 0 aliphatic carbocycles. The second kappa shape index (κ2) is 14.5. The van der Waals surface area contributed by atoms with Crippen molar-refractivity contribution in [3.63, 3.8) is 0 Å². The van der Waals surface area contributed by atoms with Crippen molar-refractivity contribution in [1.29, 1.82) is 0 Å². The van der Waals surface area contributed by atoms with Gasteiger partial charge in [0.2, 0.25) is 5.71 Å². The minimum atomic E-state index is -1.50. The Hall–Kier alpha value is -4.68. The molecule has 0 unspecified atom stereocenters. The van der Waals surface area contributed by atoms with Gasteiger partial charge in [0, 0.05) is 44.4 Å². The molecule has 259 valence electrons. The van der Waals surface area contributed by atoms with Gasteiger partial charge in [0.15, 0.2) is 0 Å². The minimum absolute atomic E-state index is 0. The number of furan rings is 1. The Kier molecular flexibility index (Phi) is 9.89. The Labute approximate surface area is 316 Å². The van der Waals surface area contributed by atoms with E-state index in [-0.39, 0.29) is 20.1 Å². The van der Waals surface area contributed by atoms with Gasteiger partial charge in [0.05, 0.1) is 30.5 Å². The number of hydrogen-bond donors (Lipinski definition) is 0. The third kappa shape index (κ3) is 6.99. The maximum absolute atomic E-state index is 8.44. The van der Waals surface area contributed by atoms with E-state index in [1.807, 2.05) is 81.6 Å². The van der Waals surface area contributed by atoms with E-state index in [0.29, 0.717) is 5.71 Å². The SMILES string of the molecule is Cc1ccc2c(n1)oc1c(-c3nc4ccccc4n3-c3c(C)cccc3C)[c-]ccc12.[2H]C(C)(C)c1cc(-c2[c-]cccc2)ncc1[Si](C)(C)C.[Ir]. The second-order valence-corrected chi connectivity index (χ2v) is 19.2. The van der Waals surface area contributed by atoms with Gasteiger partial charge < -0.3 is 14.0 Å². The number of rotatable bonds is 5. The van der Waals surface area contributed by atoms with E-state index in [0.717, 1.165) is 67.0 Å². The van der Waals surface area contributed by atoms with E-state index in [1.54, 1.807) is 0 Å². The molecule has 4 aromatic carbocycles. The molecule has 0 bridgehead atoms. The van der Waals surface area contributed by atoms with Crippen LogP contribution in [0.4, 0.5) is 0 Å². The molecule has 1 radical (unpaired) electrons. The average molecular weight is 864 g/mol. The van der Waals surface area contributed by atoms with Gasteiger partial charge in [-0.05, 0) is 72.9 Å². The molecule has 51 heavy (non-hydrogen) atoms. The molecular formula is C44H42IrN4OSi-2. The van der Waals surface area contributed by atoms with E-state index in [1.165, 1.54) is 16.3 Å². The fourth-order valence-electron chi connectivity index (χ4n) is 6.63. The first-order chi connectivity index (χ1) is 24.3. The van der Waals surface area contributed by atoms with Crippen LogP contribution in [0.1, 0.15) is 43.5 Å². The minimum Gasteiger partial charge on any atom is -0.486 e. The third-order valence-corrected chi connectivity index (χ3v) is 11.1. The van der Waals surface area contributed by atoms with Crippen LogP contribution in [-0.4, -0.2) is 27.6 Å². The number of hydrogen-bond acceptors (Lipinski definition) is 4. The normalized spacial score (nSPS) is 12.0. The molecule has 8 aromatic rings. The van der Waals surface area contributed by atoms with Crippen LogP contribution in [0.5, 0.6) is 0 Å². The van der Waals surface area contributed by atoms with Gasteiger partial charge in [0.1, 0.15) is 0 Å². The number of fused-ring (bicyclic) bond motifs is 4. The molecule has 0 N–H and O–H groups in total. The van der Waals surface area contributed by atoms with Crippen LogP contribution in [0, 0.1) is 32.9 Å². The summed E-state index contributed by atoms with van der Waals surface area (Å²) in [7, 11) is -1.50. The average Bonchev–Trinajstić information content (AvgIpc) is 3.66. The summed E-state index contributed by atoms with van der Waals surface area (Å²) in [6.45, 7) is 17.0. The molecule has 8 rings (SSSR count). The van der Waals surface area contributed by atoms with E-state index in [9.17, 15) is 0 Å². The molecule has 0 saturated carbocycles. The summed E-state index contributed by atoms with van der Waals surface area (Å²) in [4.78, 5) is 14.2. The van der Waals surface area contributed by atoms with Gasteiger partial charge in [-0.2, -0.15) is 0 Å². The summed E-state index contributed by atoms with van der Waals surface area (Å²) in [5.41, 5.74) is 11.7. The zero-order valence-electron chi connectivity index (χ0n) is 31.3. The molecule has 4 heterocycles. The summed E-state index contributed by atoms with van der Waals surface area (Å²) in [6, 6.07) is 39.2. The van der Waals surface area contributed by atoms with Crippen LogP contribution < -0.4 is 5.19 Å². The molecule has 0 fully saturated rings. The van der Waals surface area contributed by atoms with Crippen molar-refractivity contribution in [1.82, 2.24) is 19.5 Å². The van der Waals surface area contributed by atoms with Gasteiger partial charge >= 0.3 is 0 Å². The first kappa shape index (κ1) is 34.8. The standard InChI is InChI=1S/C27H20N3O.C17H22NSi.Ir/c1-16-8-6-9-17(2)24(16)30-23-13-5-4-12-22(23)29-26(30)21-11-7-10-19-20-15-14-18(3)28-27(20)31-25(19)21;1-13(2)15-11-16(14-9-7-6-8-10-14)18-12-17(15)19(3,4)5;/h4-10,12-15H,1-3H3;6-9,11-13H,1-5H3;/q2*-1;/i;13D;. The summed E-state index contributed by atoms with van der Waals surface area (Å²) in [5, 5.41) is 3.30. The van der Waals surface area contributed by atoms with E-state index < -0.39 is 14.0 Å². The first-order valence-electron chi connectivity index (χ1n) is 17.5. The number of nitrogens with zero attached hydrogens (tertiary/aromatic N) is 4. The predicted octanol–water partition coefficient (Wildman–Crippen LogP) is 10.9. The molecule has 5 nitrogen and oxygen atoms in total. The molecule has 7 heteroatoms. The smallest absolute Gasteiger partial charge is 0.216 e. The maximum atomic E-state index is 8.44. The second-order valence-electron chi connectivity index (χ2n) is 14.1. The zero-order chi connectivity index (χ0) is 36.1. The van der Waals surface area contributed by atoms with Crippen molar-refractivity contribution in [2.75, 3.05) is 0 Å². The van der Waals surface area contributed by atoms with Crippen molar-refractivity contribution >= 4 is 46.4 Å². The number of imidazole rings is 1. The van der Waals surface area contributed by atoms with Crippen molar-refractivity contribution in [3.8, 4) is 28.3 Å². The molecule has 0 aliphatic heterocycles. The molecule has 0 spiro atoms. The number of aryl methyl sites for hydroxylation is 3. The Balaban J connectivity index is 0.000000193. The summed E-state index contributed by atoms with van der Waals surface area (Å²) >= 11 is 0. The van der Waals surface area contributed by atoms with Crippen molar-refractivity contribution in [2.45, 2.75) is 60.2 Å². The van der Waals surface area contributed by atoms with E-state index >= 15 is 0 Å². The number of para-hydroxylation sites is 3. The Bertz CT molecular complexity index is 2520. The molecule has 0 atom stereocenters. The molecule has 0 aliphatic rings. The largest absolute Gasteiger partial charge is 0.486 e. The fraction of sp³-hybridized carbons (Fsp3) is 0.205. The molecule has 0 saturated heterocycles. The van der Waals surface area contributed by atoms with Crippen molar-refractivity contribution < 1.29 is 25.9 Å². The quantitative estimate of drug-likeness (QED) is 0.128. The zero-order valence-corrected chi connectivity index (χ0v) is 33.7. The van der Waals surface area contributed by atoms with Crippen LogP contribution in [0.15, 0.2) is 108 Å². The Morgan fingerprint density at radius 3 is 2.25 bits per heavy atom. The number of benzene rings is 4. The monoisotopic (exact) mass is 864 g/mol. The van der Waals surface area contributed by atoms with Gasteiger partial charge in [-0.25, -0.2) is 4.98 Å². The van der Waals surface area contributed by atoms with Gasteiger partial charge in [-0.1, -0.05) is 86.4 Å². The summed E-state index contributed by atoms with van der Waals surface area (Å²) in [6.07, 6.45) is 1.98. The van der Waals surface area contributed by atoms with Crippen molar-refractivity contribution in [2.24, 2.45) is 0 Å². The van der Waals surface area contributed by atoms with Crippen LogP contribution >= 0.6 is 0 Å². The van der Waals surface area contributed by atoms with E-state index in [2.05, 4.69) is 103 Å². The van der Waals surface area contributed by atoms with Crippen LogP contribution in [0.2, 0.25) is 19.6 Å². The molecule has 0 amide bonds. The van der Waals surface area contributed by atoms with Crippen molar-refractivity contribution in [3.05, 3.63) is 138 Å². The van der Waals surface area contributed by atoms with Crippen LogP contribution in [-0.2, 0) is 20.1 Å². The van der Waals surface area contributed by atoms with Gasteiger partial charge in [0.25, 0.3) is 0 Å². The topological polar surface area (TPSA) is 56.7 Å². The van der Waals surface area contributed by atoms with Gasteiger partial charge in [-0.3, -0.25) is 4.98 Å².